The van der Waals surface area contributed by atoms with E-state index in [2.05, 4.69) is 55.5 Å². The molecule has 1 amide bonds. The van der Waals surface area contributed by atoms with Gasteiger partial charge in [-0.2, -0.15) is 0 Å². The van der Waals surface area contributed by atoms with Gasteiger partial charge in [0.25, 0.3) is 0 Å². The molecule has 5 heteroatoms. The number of hydrogen-bond acceptors (Lipinski definition) is 4. The zero-order valence-electron chi connectivity index (χ0n) is 20.0. The number of nitrogens with zero attached hydrogens (tertiary/aromatic N) is 1. The Bertz CT molecular complexity index is 1180. The smallest absolute Gasteiger partial charge is 0.410 e. The quantitative estimate of drug-likeness (QED) is 0.567. The fraction of sp³-hybridized carbons (Fsp3) is 0.367. The van der Waals surface area contributed by atoms with Gasteiger partial charge in [-0.25, -0.2) is 4.79 Å². The van der Waals surface area contributed by atoms with E-state index in [1.165, 1.54) is 27.8 Å². The summed E-state index contributed by atoms with van der Waals surface area (Å²) in [6, 6.07) is 24.5. The van der Waals surface area contributed by atoms with Crippen LogP contribution in [0.4, 0.5) is 4.79 Å². The molecule has 2 atom stereocenters. The van der Waals surface area contributed by atoms with E-state index in [0.29, 0.717) is 32.7 Å². The Kier molecular flexibility index (Phi) is 5.62. The van der Waals surface area contributed by atoms with Crippen LogP contribution < -0.4 is 0 Å². The Hall–Kier alpha value is -3.15. The van der Waals surface area contributed by atoms with Crippen LogP contribution in [0.2, 0.25) is 0 Å². The molecule has 2 bridgehead atoms. The molecule has 6 rings (SSSR count). The number of aryl methyl sites for hydroxylation is 1. The minimum absolute atomic E-state index is 0.0289. The van der Waals surface area contributed by atoms with E-state index in [1.807, 2.05) is 29.2 Å². The molecule has 3 aromatic rings. The molecule has 2 saturated heterocycles. The number of morpholine rings is 1. The minimum atomic E-state index is -0.967. The second-order valence-electron chi connectivity index (χ2n) is 10.0. The van der Waals surface area contributed by atoms with E-state index in [9.17, 15) is 9.90 Å². The van der Waals surface area contributed by atoms with E-state index in [0.717, 1.165) is 12.0 Å². The van der Waals surface area contributed by atoms with Crippen molar-refractivity contribution in [2.45, 2.75) is 49.8 Å². The molecule has 35 heavy (non-hydrogen) atoms. The standard InChI is InChI=1S/C30H31NO4/c1-2-20-11-13-21(14-12-20)30(33)15-22-17-34-18-23(16-30)31(22)29(32)35-19-28-26-9-5-3-7-24(26)25-8-4-6-10-27(25)28/h3-14,22-23,28,33H,2,15-19H2,1H3. The van der Waals surface area contributed by atoms with E-state index in [-0.39, 0.29) is 24.1 Å². The van der Waals surface area contributed by atoms with Crippen molar-refractivity contribution >= 4 is 6.09 Å². The van der Waals surface area contributed by atoms with Crippen LogP contribution in [0, 0.1) is 0 Å². The molecule has 2 heterocycles. The average Bonchev–Trinajstić information content (AvgIpc) is 3.20. The van der Waals surface area contributed by atoms with E-state index in [4.69, 9.17) is 9.47 Å². The van der Waals surface area contributed by atoms with Crippen LogP contribution in [0.3, 0.4) is 0 Å². The van der Waals surface area contributed by atoms with Crippen LogP contribution in [-0.4, -0.2) is 48.0 Å². The molecule has 0 aromatic heterocycles. The average molecular weight is 470 g/mol. The molecule has 1 aliphatic carbocycles. The van der Waals surface area contributed by atoms with Gasteiger partial charge in [0.15, 0.2) is 0 Å². The van der Waals surface area contributed by atoms with Gasteiger partial charge in [-0.1, -0.05) is 79.7 Å². The first kappa shape index (κ1) is 22.3. The normalized spacial score (nSPS) is 25.1. The predicted molar refractivity (Wildman–Crippen MR) is 134 cm³/mol. The molecule has 3 aliphatic rings. The number of amides is 1. The van der Waals surface area contributed by atoms with Gasteiger partial charge in [-0.05, 0) is 39.8 Å². The van der Waals surface area contributed by atoms with Crippen LogP contribution >= 0.6 is 0 Å². The fourth-order valence-corrected chi connectivity index (χ4v) is 6.23. The molecule has 2 aliphatic heterocycles. The van der Waals surface area contributed by atoms with Gasteiger partial charge in [0.1, 0.15) is 6.61 Å². The topological polar surface area (TPSA) is 59.0 Å². The van der Waals surface area contributed by atoms with Crippen molar-refractivity contribution in [2.24, 2.45) is 0 Å². The molecular weight excluding hydrogens is 438 g/mol. The van der Waals surface area contributed by atoms with Crippen LogP contribution in [0.1, 0.15) is 47.9 Å². The van der Waals surface area contributed by atoms with Gasteiger partial charge < -0.3 is 14.6 Å². The van der Waals surface area contributed by atoms with Gasteiger partial charge in [-0.3, -0.25) is 4.90 Å². The van der Waals surface area contributed by atoms with Crippen molar-refractivity contribution in [2.75, 3.05) is 19.8 Å². The first-order valence-corrected chi connectivity index (χ1v) is 12.6. The van der Waals surface area contributed by atoms with Gasteiger partial charge >= 0.3 is 6.09 Å². The highest BCUT2D eigenvalue weighted by atomic mass is 16.6. The molecule has 5 nitrogen and oxygen atoms in total. The third-order valence-corrected chi connectivity index (χ3v) is 8.00. The van der Waals surface area contributed by atoms with Crippen molar-refractivity contribution in [3.8, 4) is 11.1 Å². The lowest BCUT2D eigenvalue weighted by Gasteiger charge is -2.51. The maximum atomic E-state index is 13.4. The number of aliphatic hydroxyl groups is 1. The van der Waals surface area contributed by atoms with Crippen molar-refractivity contribution < 1.29 is 19.4 Å². The monoisotopic (exact) mass is 469 g/mol. The summed E-state index contributed by atoms with van der Waals surface area (Å²) in [5.74, 6) is 0.0289. The molecule has 1 N–H and O–H groups in total. The van der Waals surface area contributed by atoms with Crippen molar-refractivity contribution in [3.63, 3.8) is 0 Å². The lowest BCUT2D eigenvalue weighted by atomic mass is 9.77. The SMILES string of the molecule is CCc1ccc(C2(O)CC3COCC(C2)N3C(=O)OCC2c3ccccc3-c3ccccc32)cc1. The maximum absolute atomic E-state index is 13.4. The van der Waals surface area contributed by atoms with Crippen LogP contribution in [0.25, 0.3) is 11.1 Å². The third-order valence-electron chi connectivity index (χ3n) is 8.00. The molecule has 3 aromatic carbocycles. The zero-order valence-corrected chi connectivity index (χ0v) is 20.0. The molecule has 2 fully saturated rings. The van der Waals surface area contributed by atoms with Crippen LogP contribution in [-0.2, 0) is 21.5 Å². The van der Waals surface area contributed by atoms with Gasteiger partial charge in [0.05, 0.1) is 30.9 Å². The highest BCUT2D eigenvalue weighted by Gasteiger charge is 2.49. The van der Waals surface area contributed by atoms with E-state index >= 15 is 0 Å². The number of carbonyl (C=O) groups is 1. The van der Waals surface area contributed by atoms with Gasteiger partial charge in [0, 0.05) is 18.8 Å². The largest absolute Gasteiger partial charge is 0.448 e. The summed E-state index contributed by atoms with van der Waals surface area (Å²) in [5.41, 5.74) is 6.03. The molecule has 2 unspecified atom stereocenters. The third kappa shape index (κ3) is 3.83. The summed E-state index contributed by atoms with van der Waals surface area (Å²) >= 11 is 0. The van der Waals surface area contributed by atoms with E-state index in [1.54, 1.807) is 0 Å². The number of rotatable bonds is 4. The number of fused-ring (bicyclic) bond motifs is 5. The predicted octanol–water partition coefficient (Wildman–Crippen LogP) is 5.25. The molecular formula is C30H31NO4. The summed E-state index contributed by atoms with van der Waals surface area (Å²) < 4.78 is 11.8. The maximum Gasteiger partial charge on any atom is 0.410 e. The highest BCUT2D eigenvalue weighted by molar-refractivity contribution is 5.79. The number of ether oxygens (including phenoxy) is 2. The van der Waals surface area contributed by atoms with E-state index < -0.39 is 5.60 Å². The Morgan fingerprint density at radius 1 is 0.943 bits per heavy atom. The highest BCUT2D eigenvalue weighted by Crippen LogP contribution is 2.45. The van der Waals surface area contributed by atoms with Gasteiger partial charge in [0.2, 0.25) is 0 Å². The molecule has 180 valence electrons. The van der Waals surface area contributed by atoms with Crippen molar-refractivity contribution in [1.29, 1.82) is 0 Å². The fourth-order valence-electron chi connectivity index (χ4n) is 6.23. The second-order valence-corrected chi connectivity index (χ2v) is 10.0. The number of hydrogen-bond donors (Lipinski definition) is 1. The lowest BCUT2D eigenvalue weighted by Crippen LogP contribution is -2.62. The number of piperidine rings is 1. The van der Waals surface area contributed by atoms with Crippen molar-refractivity contribution in [3.05, 3.63) is 95.1 Å². The number of benzene rings is 3. The lowest BCUT2D eigenvalue weighted by molar-refractivity contribution is -0.136. The first-order valence-electron chi connectivity index (χ1n) is 12.6. The Labute approximate surface area is 206 Å². The summed E-state index contributed by atoms with van der Waals surface area (Å²) in [5, 5.41) is 11.6. The molecule has 0 saturated carbocycles. The van der Waals surface area contributed by atoms with Gasteiger partial charge in [-0.15, -0.1) is 0 Å². The summed E-state index contributed by atoms with van der Waals surface area (Å²) in [6.07, 6.45) is 1.54. The minimum Gasteiger partial charge on any atom is -0.448 e. The zero-order chi connectivity index (χ0) is 24.0. The Morgan fingerprint density at radius 2 is 1.51 bits per heavy atom. The van der Waals surface area contributed by atoms with Crippen molar-refractivity contribution in [1.82, 2.24) is 4.90 Å². The summed E-state index contributed by atoms with van der Waals surface area (Å²) in [6.45, 7) is 3.25. The first-order chi connectivity index (χ1) is 17.1. The summed E-state index contributed by atoms with van der Waals surface area (Å²) in [4.78, 5) is 15.2. The Morgan fingerprint density at radius 3 is 2.09 bits per heavy atom. The molecule has 0 radical (unpaired) electrons. The summed E-state index contributed by atoms with van der Waals surface area (Å²) in [7, 11) is 0. The second kappa shape index (κ2) is 8.81. The van der Waals surface area contributed by atoms with Crippen LogP contribution in [0.15, 0.2) is 72.8 Å². The number of carbonyl (C=O) groups excluding carboxylic acids is 1. The Balaban J connectivity index is 1.19. The molecule has 0 spiro atoms. The van der Waals surface area contributed by atoms with Crippen LogP contribution in [0.5, 0.6) is 0 Å².